The van der Waals surface area contributed by atoms with E-state index in [1.165, 1.54) is 4.88 Å². The highest BCUT2D eigenvalue weighted by Gasteiger charge is 2.16. The predicted molar refractivity (Wildman–Crippen MR) is 87.5 cm³/mol. The minimum absolute atomic E-state index is 0.307. The number of nitrogens with zero attached hydrogens (tertiary/aromatic N) is 3. The zero-order valence-electron chi connectivity index (χ0n) is 12.9. The molecule has 2 N–H and O–H groups in total. The van der Waals surface area contributed by atoms with Crippen LogP contribution in [0.4, 0.5) is 11.8 Å². The highest BCUT2D eigenvalue weighted by atomic mass is 32.1. The van der Waals surface area contributed by atoms with Crippen LogP contribution in [-0.2, 0) is 11.2 Å². The molecule has 2 rings (SSSR count). The number of aliphatic hydroxyl groups excluding tert-OH is 1. The van der Waals surface area contributed by atoms with Crippen molar-refractivity contribution < 1.29 is 9.84 Å². The van der Waals surface area contributed by atoms with Crippen LogP contribution >= 0.6 is 11.3 Å². The van der Waals surface area contributed by atoms with E-state index in [4.69, 9.17) is 4.74 Å². The molecule has 21 heavy (non-hydrogen) atoms. The highest BCUT2D eigenvalue weighted by Crippen LogP contribution is 2.31. The minimum Gasteiger partial charge on any atom is -0.389 e. The monoisotopic (exact) mass is 310 g/mol. The van der Waals surface area contributed by atoms with Gasteiger partial charge in [0.05, 0.1) is 18.1 Å². The maximum Gasteiger partial charge on any atom is 0.225 e. The smallest absolute Gasteiger partial charge is 0.225 e. The van der Waals surface area contributed by atoms with Crippen LogP contribution in [0.2, 0.25) is 0 Å². The molecule has 116 valence electrons. The Balaban J connectivity index is 2.37. The molecule has 0 aliphatic rings. The fraction of sp³-hybridized carbons (Fsp3) is 0.571. The first-order valence-corrected chi connectivity index (χ1v) is 7.77. The second-order valence-corrected chi connectivity index (χ2v) is 6.01. The highest BCUT2D eigenvalue weighted by molar-refractivity contribution is 7.18. The fourth-order valence-corrected chi connectivity index (χ4v) is 3.14. The van der Waals surface area contributed by atoms with Crippen LogP contribution in [0.25, 0.3) is 10.2 Å². The van der Waals surface area contributed by atoms with E-state index in [1.807, 2.05) is 11.9 Å². The van der Waals surface area contributed by atoms with E-state index in [1.54, 1.807) is 25.5 Å². The molecule has 6 nitrogen and oxygen atoms in total. The number of hydrogen-bond acceptors (Lipinski definition) is 7. The van der Waals surface area contributed by atoms with E-state index < -0.39 is 6.10 Å². The van der Waals surface area contributed by atoms with Crippen molar-refractivity contribution in [3.05, 3.63) is 10.9 Å². The third-order valence-corrected chi connectivity index (χ3v) is 4.37. The second kappa shape index (κ2) is 7.02. The Morgan fingerprint density at radius 2 is 2.24 bits per heavy atom. The number of hydrogen-bond donors (Lipinski definition) is 2. The van der Waals surface area contributed by atoms with Gasteiger partial charge in [0.15, 0.2) is 0 Å². The van der Waals surface area contributed by atoms with Crippen LogP contribution in [-0.4, -0.2) is 55.5 Å². The second-order valence-electron chi connectivity index (χ2n) is 4.90. The first kappa shape index (κ1) is 15.9. The van der Waals surface area contributed by atoms with Crippen molar-refractivity contribution in [2.75, 3.05) is 44.6 Å². The van der Waals surface area contributed by atoms with Gasteiger partial charge in [-0.15, -0.1) is 11.3 Å². The summed E-state index contributed by atoms with van der Waals surface area (Å²) in [5.41, 5.74) is 0. The van der Waals surface area contributed by atoms with E-state index >= 15 is 0 Å². The van der Waals surface area contributed by atoms with Crippen LogP contribution < -0.4 is 10.2 Å². The Morgan fingerprint density at radius 1 is 1.48 bits per heavy atom. The van der Waals surface area contributed by atoms with Crippen LogP contribution in [0.5, 0.6) is 0 Å². The van der Waals surface area contributed by atoms with Gasteiger partial charge in [0.1, 0.15) is 10.6 Å². The first-order chi connectivity index (χ1) is 10.1. The molecule has 0 saturated carbocycles. The molecule has 2 aromatic rings. The van der Waals surface area contributed by atoms with E-state index in [0.29, 0.717) is 19.1 Å². The van der Waals surface area contributed by atoms with Crippen molar-refractivity contribution in [1.82, 2.24) is 9.97 Å². The molecule has 1 unspecified atom stereocenters. The molecule has 0 amide bonds. The number of aliphatic hydroxyl groups is 1. The molecule has 0 aliphatic carbocycles. The quantitative estimate of drug-likeness (QED) is 0.812. The molecule has 1 atom stereocenters. The van der Waals surface area contributed by atoms with Gasteiger partial charge in [-0.05, 0) is 12.5 Å². The van der Waals surface area contributed by atoms with E-state index in [9.17, 15) is 5.11 Å². The van der Waals surface area contributed by atoms with Gasteiger partial charge < -0.3 is 20.1 Å². The summed E-state index contributed by atoms with van der Waals surface area (Å²) >= 11 is 1.68. The lowest BCUT2D eigenvalue weighted by Gasteiger charge is -2.22. The van der Waals surface area contributed by atoms with Crippen LogP contribution in [0, 0.1) is 0 Å². The Bertz CT molecular complexity index is 602. The zero-order valence-corrected chi connectivity index (χ0v) is 13.7. The van der Waals surface area contributed by atoms with Gasteiger partial charge in [-0.25, -0.2) is 4.98 Å². The Morgan fingerprint density at radius 3 is 2.86 bits per heavy atom. The van der Waals surface area contributed by atoms with Crippen molar-refractivity contribution in [3.63, 3.8) is 0 Å². The number of ether oxygens (including phenoxy) is 1. The molecule has 0 aromatic carbocycles. The van der Waals surface area contributed by atoms with Crippen LogP contribution in [0.3, 0.4) is 0 Å². The molecular formula is C14H22N4O2S. The predicted octanol–water partition coefficient (Wildman–Crippen LogP) is 1.74. The van der Waals surface area contributed by atoms with Crippen molar-refractivity contribution >= 4 is 33.3 Å². The molecule has 0 saturated heterocycles. The number of rotatable bonds is 7. The van der Waals surface area contributed by atoms with E-state index in [0.717, 1.165) is 22.5 Å². The first-order valence-electron chi connectivity index (χ1n) is 6.95. The van der Waals surface area contributed by atoms with Gasteiger partial charge in [0, 0.05) is 32.6 Å². The molecule has 0 spiro atoms. The third-order valence-electron chi connectivity index (χ3n) is 3.20. The zero-order chi connectivity index (χ0) is 15.4. The summed E-state index contributed by atoms with van der Waals surface area (Å²) in [7, 11) is 5.31. The lowest BCUT2D eigenvalue weighted by molar-refractivity contribution is 0.0694. The molecular weight excluding hydrogens is 288 g/mol. The van der Waals surface area contributed by atoms with Gasteiger partial charge in [-0.1, -0.05) is 6.92 Å². The van der Waals surface area contributed by atoms with Crippen molar-refractivity contribution in [2.24, 2.45) is 0 Å². The van der Waals surface area contributed by atoms with Gasteiger partial charge in [-0.2, -0.15) is 4.98 Å². The molecule has 0 fully saturated rings. The lowest BCUT2D eigenvalue weighted by atomic mass is 10.2. The number of aryl methyl sites for hydroxylation is 1. The summed E-state index contributed by atoms with van der Waals surface area (Å²) in [5.74, 6) is 1.42. The molecule has 0 bridgehead atoms. The summed E-state index contributed by atoms with van der Waals surface area (Å²) < 4.78 is 4.97. The number of likely N-dealkylation sites (N-methyl/N-ethyl adjacent to an activating group) is 1. The SMILES string of the molecule is CCc1cc2c(N(C)CC(O)COC)nc(NC)nc2s1. The van der Waals surface area contributed by atoms with Crippen molar-refractivity contribution in [3.8, 4) is 0 Å². The minimum atomic E-state index is -0.549. The molecule has 7 heteroatoms. The van der Waals surface area contributed by atoms with Crippen molar-refractivity contribution in [1.29, 1.82) is 0 Å². The van der Waals surface area contributed by atoms with Gasteiger partial charge in [0.25, 0.3) is 0 Å². The molecule has 0 aliphatic heterocycles. The Hall–Kier alpha value is -1.44. The van der Waals surface area contributed by atoms with E-state index in [-0.39, 0.29) is 0 Å². The molecule has 0 radical (unpaired) electrons. The largest absolute Gasteiger partial charge is 0.389 e. The van der Waals surface area contributed by atoms with E-state index in [2.05, 4.69) is 28.3 Å². The third kappa shape index (κ3) is 3.61. The normalized spacial score (nSPS) is 12.6. The summed E-state index contributed by atoms with van der Waals surface area (Å²) in [6.07, 6.45) is 0.429. The maximum atomic E-state index is 9.91. The standard InChI is InChI=1S/C14H22N4O2S/c1-5-10-6-11-12(18(3)7-9(19)8-20-4)16-14(15-2)17-13(11)21-10/h6,9,19H,5,7-8H2,1-4H3,(H,15,16,17). The number of thiophene rings is 1. The average molecular weight is 310 g/mol. The number of anilines is 2. The number of aromatic nitrogens is 2. The topological polar surface area (TPSA) is 70.5 Å². The lowest BCUT2D eigenvalue weighted by Crippen LogP contribution is -2.32. The van der Waals surface area contributed by atoms with Gasteiger partial charge in [-0.3, -0.25) is 0 Å². The summed E-state index contributed by atoms with van der Waals surface area (Å²) in [6.45, 7) is 2.89. The fourth-order valence-electron chi connectivity index (χ4n) is 2.18. The van der Waals surface area contributed by atoms with Crippen LogP contribution in [0.15, 0.2) is 6.07 Å². The van der Waals surface area contributed by atoms with Gasteiger partial charge >= 0.3 is 0 Å². The Labute approximate surface area is 128 Å². The number of nitrogens with one attached hydrogen (secondary N) is 1. The summed E-state index contributed by atoms with van der Waals surface area (Å²) in [5, 5.41) is 13.9. The van der Waals surface area contributed by atoms with Crippen molar-refractivity contribution in [2.45, 2.75) is 19.4 Å². The molecule has 2 aromatic heterocycles. The number of fused-ring (bicyclic) bond motifs is 1. The Kier molecular flexibility index (Phi) is 5.33. The van der Waals surface area contributed by atoms with Crippen LogP contribution in [0.1, 0.15) is 11.8 Å². The van der Waals surface area contributed by atoms with Gasteiger partial charge in [0.2, 0.25) is 5.95 Å². The summed E-state index contributed by atoms with van der Waals surface area (Å²) in [4.78, 5) is 13.2. The molecule has 2 heterocycles. The number of methoxy groups -OCH3 is 1. The average Bonchev–Trinajstić information content (AvgIpc) is 2.89. The summed E-state index contributed by atoms with van der Waals surface area (Å²) in [6, 6.07) is 2.13. The maximum absolute atomic E-state index is 9.91.